The summed E-state index contributed by atoms with van der Waals surface area (Å²) in [5, 5.41) is 9.58. The summed E-state index contributed by atoms with van der Waals surface area (Å²) in [6.07, 6.45) is 4.25. The lowest BCUT2D eigenvalue weighted by molar-refractivity contribution is -0.154. The minimum atomic E-state index is -0.673. The van der Waals surface area contributed by atoms with Crippen LogP contribution in [0, 0.1) is 0 Å². The molecule has 2 aromatic carbocycles. The molecule has 1 fully saturated rings. The number of benzene rings is 2. The Hall–Kier alpha value is -3.46. The van der Waals surface area contributed by atoms with Crippen LogP contribution in [0.3, 0.4) is 0 Å². The maximum absolute atomic E-state index is 13.5. The van der Waals surface area contributed by atoms with Gasteiger partial charge in [0.25, 0.3) is 5.91 Å². The first-order valence-electron chi connectivity index (χ1n) is 13.3. The predicted molar refractivity (Wildman–Crippen MR) is 143 cm³/mol. The molecule has 0 unspecified atom stereocenters. The van der Waals surface area contributed by atoms with Gasteiger partial charge in [0.15, 0.2) is 11.2 Å². The number of rotatable bonds is 9. The van der Waals surface area contributed by atoms with E-state index < -0.39 is 6.29 Å². The average molecular weight is 519 g/mol. The third-order valence-electron chi connectivity index (χ3n) is 7.14. The zero-order valence-corrected chi connectivity index (χ0v) is 21.5. The number of hydrogen-bond donors (Lipinski definition) is 1. The first kappa shape index (κ1) is 26.2. The fraction of sp³-hybridized carbons (Fsp3) is 0.400. The Balaban J connectivity index is 1.32. The summed E-state index contributed by atoms with van der Waals surface area (Å²) in [5.74, 6) is -0.369. The molecule has 0 spiro atoms. The number of unbranched alkanes of at least 4 members (excludes halogenated alkanes) is 1. The molecule has 2 aliphatic rings. The second-order valence-electron chi connectivity index (χ2n) is 9.79. The van der Waals surface area contributed by atoms with E-state index in [0.29, 0.717) is 55.5 Å². The smallest absolute Gasteiger partial charge is 0.288 e. The van der Waals surface area contributed by atoms with Crippen LogP contribution >= 0.6 is 0 Å². The number of amides is 1. The summed E-state index contributed by atoms with van der Waals surface area (Å²) in [4.78, 5) is 31.0. The third-order valence-corrected chi connectivity index (χ3v) is 7.14. The molecule has 1 N–H and O–H groups in total. The zero-order chi connectivity index (χ0) is 26.3. The van der Waals surface area contributed by atoms with Crippen LogP contribution in [-0.2, 0) is 20.8 Å². The minimum absolute atomic E-state index is 0.0928. The Bertz CT molecular complexity index is 1310. The van der Waals surface area contributed by atoms with Gasteiger partial charge >= 0.3 is 0 Å². The molecule has 200 valence electrons. The standard InChI is InChI=1S/C30H34N2O6/c33-16-6-7-17-36-28-19-23(25-21-37-26-11-5-4-10-24(26)29(25)34)18-27(38-28)30(35)32-14-12-31(13-15-32)20-22-8-2-1-3-9-22/h1-5,8-11,18,21,23,28,33H,6-7,12-17,19-20H2/t23-,28+/m1/s1. The summed E-state index contributed by atoms with van der Waals surface area (Å²) in [6.45, 7) is 4.07. The van der Waals surface area contributed by atoms with Gasteiger partial charge in [-0.25, -0.2) is 0 Å². The van der Waals surface area contributed by atoms with Crippen molar-refractivity contribution in [1.82, 2.24) is 9.80 Å². The second-order valence-corrected chi connectivity index (χ2v) is 9.79. The van der Waals surface area contributed by atoms with E-state index in [1.54, 1.807) is 23.1 Å². The number of allylic oxidation sites excluding steroid dienone is 1. The molecule has 1 saturated heterocycles. The highest BCUT2D eigenvalue weighted by Gasteiger charge is 2.33. The molecule has 1 amide bonds. The van der Waals surface area contributed by atoms with Gasteiger partial charge in [-0.2, -0.15) is 0 Å². The number of carbonyl (C=O) groups is 1. The van der Waals surface area contributed by atoms with Crippen molar-refractivity contribution in [1.29, 1.82) is 0 Å². The van der Waals surface area contributed by atoms with Crippen molar-refractivity contribution in [2.75, 3.05) is 39.4 Å². The van der Waals surface area contributed by atoms with Crippen LogP contribution in [0.25, 0.3) is 11.0 Å². The number of aliphatic hydroxyl groups is 1. The van der Waals surface area contributed by atoms with Gasteiger partial charge in [0.2, 0.25) is 6.29 Å². The van der Waals surface area contributed by atoms with Crippen LogP contribution in [0.15, 0.2) is 81.9 Å². The first-order chi connectivity index (χ1) is 18.6. The number of piperazine rings is 1. The van der Waals surface area contributed by atoms with Crippen molar-refractivity contribution >= 4 is 16.9 Å². The molecule has 0 aliphatic carbocycles. The maximum atomic E-state index is 13.5. The Kier molecular flexibility index (Phi) is 8.53. The van der Waals surface area contributed by atoms with E-state index in [1.807, 2.05) is 30.3 Å². The number of nitrogens with zero attached hydrogens (tertiary/aromatic N) is 2. The normalized spacial score (nSPS) is 20.2. The van der Waals surface area contributed by atoms with Crippen LogP contribution < -0.4 is 5.43 Å². The van der Waals surface area contributed by atoms with Gasteiger partial charge in [-0.05, 0) is 36.6 Å². The molecule has 8 nitrogen and oxygen atoms in total. The summed E-state index contributed by atoms with van der Waals surface area (Å²) in [6, 6.07) is 17.5. The van der Waals surface area contributed by atoms with E-state index in [4.69, 9.17) is 19.0 Å². The van der Waals surface area contributed by atoms with Gasteiger partial charge in [-0.15, -0.1) is 0 Å². The summed E-state index contributed by atoms with van der Waals surface area (Å²) in [7, 11) is 0. The highest BCUT2D eigenvalue weighted by molar-refractivity contribution is 5.92. The molecular weight excluding hydrogens is 484 g/mol. The van der Waals surface area contributed by atoms with E-state index >= 15 is 0 Å². The Morgan fingerprint density at radius 3 is 2.55 bits per heavy atom. The third kappa shape index (κ3) is 6.15. The molecule has 8 heteroatoms. The Morgan fingerprint density at radius 1 is 1.00 bits per heavy atom. The van der Waals surface area contributed by atoms with Crippen LogP contribution in [0.2, 0.25) is 0 Å². The SMILES string of the molecule is O=C(C1=C[C@@H](c2coc3ccccc3c2=O)C[C@@H](OCCCCO)O1)N1CCN(Cc2ccccc2)CC1. The molecule has 3 heterocycles. The van der Waals surface area contributed by atoms with Crippen molar-refractivity contribution in [3.8, 4) is 0 Å². The van der Waals surface area contributed by atoms with E-state index in [9.17, 15) is 9.59 Å². The van der Waals surface area contributed by atoms with E-state index in [0.717, 1.165) is 19.6 Å². The molecule has 1 aromatic heterocycles. The molecular formula is C30H34N2O6. The molecule has 0 bridgehead atoms. The molecule has 0 saturated carbocycles. The molecule has 2 atom stereocenters. The maximum Gasteiger partial charge on any atom is 0.288 e. The van der Waals surface area contributed by atoms with Crippen molar-refractivity contribution in [3.05, 3.63) is 94.0 Å². The van der Waals surface area contributed by atoms with Crippen LogP contribution in [0.5, 0.6) is 0 Å². The van der Waals surface area contributed by atoms with E-state index in [2.05, 4.69) is 17.0 Å². The Labute approximate surface area is 222 Å². The van der Waals surface area contributed by atoms with Crippen molar-refractivity contribution in [2.45, 2.75) is 38.0 Å². The molecule has 3 aromatic rings. The van der Waals surface area contributed by atoms with E-state index in [-0.39, 0.29) is 29.6 Å². The fourth-order valence-corrected chi connectivity index (χ4v) is 5.01. The number of para-hydroxylation sites is 1. The lowest BCUT2D eigenvalue weighted by Crippen LogP contribution is -2.49. The van der Waals surface area contributed by atoms with E-state index in [1.165, 1.54) is 11.8 Å². The summed E-state index contributed by atoms with van der Waals surface area (Å²) in [5.41, 5.74) is 2.15. The van der Waals surface area contributed by atoms with Crippen LogP contribution in [0.4, 0.5) is 0 Å². The number of hydrogen-bond acceptors (Lipinski definition) is 7. The van der Waals surface area contributed by atoms with Gasteiger partial charge in [-0.3, -0.25) is 14.5 Å². The average Bonchev–Trinajstić information content (AvgIpc) is 2.96. The lowest BCUT2D eigenvalue weighted by atomic mass is 9.93. The number of ether oxygens (including phenoxy) is 2. The van der Waals surface area contributed by atoms with Gasteiger partial charge in [0.05, 0.1) is 18.3 Å². The zero-order valence-electron chi connectivity index (χ0n) is 21.5. The summed E-state index contributed by atoms with van der Waals surface area (Å²) >= 11 is 0. The number of aliphatic hydroxyl groups excluding tert-OH is 1. The van der Waals surface area contributed by atoms with Gasteiger partial charge < -0.3 is 23.9 Å². The highest BCUT2D eigenvalue weighted by Crippen LogP contribution is 2.32. The largest absolute Gasteiger partial charge is 0.464 e. The molecule has 0 radical (unpaired) electrons. The van der Waals surface area contributed by atoms with Crippen molar-refractivity contribution < 1.29 is 23.8 Å². The lowest BCUT2D eigenvalue weighted by Gasteiger charge is -2.36. The number of fused-ring (bicyclic) bond motifs is 1. The second kappa shape index (κ2) is 12.4. The quantitative estimate of drug-likeness (QED) is 0.433. The molecule has 2 aliphatic heterocycles. The van der Waals surface area contributed by atoms with Gasteiger partial charge in [-0.1, -0.05) is 42.5 Å². The first-order valence-corrected chi connectivity index (χ1v) is 13.3. The monoisotopic (exact) mass is 518 g/mol. The number of carbonyl (C=O) groups excluding carboxylic acids is 1. The summed E-state index contributed by atoms with van der Waals surface area (Å²) < 4.78 is 17.7. The molecule has 5 rings (SSSR count). The Morgan fingerprint density at radius 2 is 1.76 bits per heavy atom. The predicted octanol–water partition coefficient (Wildman–Crippen LogP) is 3.64. The van der Waals surface area contributed by atoms with Crippen LogP contribution in [-0.4, -0.2) is 66.5 Å². The van der Waals surface area contributed by atoms with Crippen molar-refractivity contribution in [2.24, 2.45) is 0 Å². The fourth-order valence-electron chi connectivity index (χ4n) is 5.01. The van der Waals surface area contributed by atoms with Gasteiger partial charge in [0, 0.05) is 57.2 Å². The van der Waals surface area contributed by atoms with Crippen molar-refractivity contribution in [3.63, 3.8) is 0 Å². The van der Waals surface area contributed by atoms with Crippen LogP contribution in [0.1, 0.15) is 36.3 Å². The topological polar surface area (TPSA) is 92.5 Å². The van der Waals surface area contributed by atoms with Gasteiger partial charge in [0.1, 0.15) is 5.58 Å². The molecule has 38 heavy (non-hydrogen) atoms. The highest BCUT2D eigenvalue weighted by atomic mass is 16.7. The minimum Gasteiger partial charge on any atom is -0.464 e.